The number of hydrogen-bond donors (Lipinski definition) is 0. The quantitative estimate of drug-likeness (QED) is 0.472. The van der Waals surface area contributed by atoms with Gasteiger partial charge in [0.15, 0.2) is 6.34 Å². The summed E-state index contributed by atoms with van der Waals surface area (Å²) in [7, 11) is 0. The van der Waals surface area contributed by atoms with E-state index in [2.05, 4.69) is 16.1 Å². The molecule has 0 aromatic carbocycles. The summed E-state index contributed by atoms with van der Waals surface area (Å²) in [5.74, 6) is -0.496. The molecule has 6 nitrogen and oxygen atoms in total. The van der Waals surface area contributed by atoms with Gasteiger partial charge in [-0.2, -0.15) is 0 Å². The average Bonchev–Trinajstić information content (AvgIpc) is 2.53. The SMILES string of the molecule is CC(=O)OC(C)OC(=O)N1[C]=NCC1. The molecular formula is C8H11N2O4. The van der Waals surface area contributed by atoms with Crippen molar-refractivity contribution in [1.82, 2.24) is 4.90 Å². The van der Waals surface area contributed by atoms with Crippen LogP contribution in [0.15, 0.2) is 4.99 Å². The van der Waals surface area contributed by atoms with E-state index in [4.69, 9.17) is 4.74 Å². The highest BCUT2D eigenvalue weighted by atomic mass is 16.7. The van der Waals surface area contributed by atoms with E-state index in [0.717, 1.165) is 0 Å². The van der Waals surface area contributed by atoms with Gasteiger partial charge in [-0.1, -0.05) is 0 Å². The van der Waals surface area contributed by atoms with Crippen molar-refractivity contribution in [2.75, 3.05) is 13.1 Å². The molecule has 0 bridgehead atoms. The third kappa shape index (κ3) is 3.04. The van der Waals surface area contributed by atoms with Crippen LogP contribution in [0.5, 0.6) is 0 Å². The second kappa shape index (κ2) is 4.59. The molecule has 0 aliphatic carbocycles. The van der Waals surface area contributed by atoms with Crippen LogP contribution in [0.1, 0.15) is 13.8 Å². The van der Waals surface area contributed by atoms with Gasteiger partial charge in [-0.05, 0) is 0 Å². The predicted octanol–water partition coefficient (Wildman–Crippen LogP) is 0.253. The fourth-order valence-electron chi connectivity index (χ4n) is 0.931. The van der Waals surface area contributed by atoms with Gasteiger partial charge in [0, 0.05) is 13.8 Å². The van der Waals surface area contributed by atoms with Crippen molar-refractivity contribution in [3.05, 3.63) is 0 Å². The van der Waals surface area contributed by atoms with Crippen LogP contribution in [0.3, 0.4) is 0 Å². The molecule has 1 radical (unpaired) electrons. The van der Waals surface area contributed by atoms with Crippen molar-refractivity contribution >= 4 is 18.4 Å². The Morgan fingerprint density at radius 1 is 1.50 bits per heavy atom. The maximum Gasteiger partial charge on any atom is 0.418 e. The third-order valence-corrected chi connectivity index (χ3v) is 1.45. The Morgan fingerprint density at radius 3 is 2.71 bits per heavy atom. The average molecular weight is 199 g/mol. The molecule has 0 N–H and O–H groups in total. The van der Waals surface area contributed by atoms with E-state index in [1.807, 2.05) is 0 Å². The highest BCUT2D eigenvalue weighted by Crippen LogP contribution is 2.01. The Kier molecular flexibility index (Phi) is 3.44. The summed E-state index contributed by atoms with van der Waals surface area (Å²) in [4.78, 5) is 26.6. The lowest BCUT2D eigenvalue weighted by molar-refractivity contribution is -0.162. The maximum absolute atomic E-state index is 11.2. The molecule has 0 aromatic heterocycles. The smallest absolute Gasteiger partial charge is 0.418 e. The Hall–Kier alpha value is -1.59. The topological polar surface area (TPSA) is 68.2 Å². The van der Waals surface area contributed by atoms with Crippen LogP contribution in [-0.4, -0.2) is 42.7 Å². The number of carbonyl (C=O) groups excluding carboxylic acids is 2. The van der Waals surface area contributed by atoms with Crippen molar-refractivity contribution in [1.29, 1.82) is 0 Å². The van der Waals surface area contributed by atoms with Gasteiger partial charge in [-0.15, -0.1) is 0 Å². The number of nitrogens with zero attached hydrogens (tertiary/aromatic N) is 2. The Bertz CT molecular complexity index is 264. The van der Waals surface area contributed by atoms with Crippen molar-refractivity contribution in [2.45, 2.75) is 20.1 Å². The lowest BCUT2D eigenvalue weighted by Gasteiger charge is -2.16. The highest BCUT2D eigenvalue weighted by Gasteiger charge is 2.20. The van der Waals surface area contributed by atoms with E-state index >= 15 is 0 Å². The molecule has 6 heteroatoms. The summed E-state index contributed by atoms with van der Waals surface area (Å²) >= 11 is 0. The number of carbonyl (C=O) groups is 2. The van der Waals surface area contributed by atoms with Gasteiger partial charge in [0.1, 0.15) is 0 Å². The number of hydrogen-bond acceptors (Lipinski definition) is 5. The zero-order valence-corrected chi connectivity index (χ0v) is 8.02. The first-order valence-electron chi connectivity index (χ1n) is 4.17. The highest BCUT2D eigenvalue weighted by molar-refractivity contribution is 5.83. The van der Waals surface area contributed by atoms with E-state index in [1.54, 1.807) is 0 Å². The molecule has 0 saturated heterocycles. The van der Waals surface area contributed by atoms with Gasteiger partial charge in [0.25, 0.3) is 0 Å². The van der Waals surface area contributed by atoms with Crippen LogP contribution in [0.25, 0.3) is 0 Å². The number of amides is 1. The molecule has 1 heterocycles. The summed E-state index contributed by atoms with van der Waals surface area (Å²) in [5.41, 5.74) is 0. The first-order chi connectivity index (χ1) is 6.59. The van der Waals surface area contributed by atoms with Crippen LogP contribution in [0.4, 0.5) is 4.79 Å². The monoisotopic (exact) mass is 199 g/mol. The number of rotatable bonds is 2. The molecule has 0 fully saturated rings. The fourth-order valence-corrected chi connectivity index (χ4v) is 0.931. The van der Waals surface area contributed by atoms with Crippen molar-refractivity contribution in [3.8, 4) is 0 Å². The molecule has 1 aliphatic rings. The molecule has 1 rings (SSSR count). The van der Waals surface area contributed by atoms with Gasteiger partial charge in [0.05, 0.1) is 13.1 Å². The van der Waals surface area contributed by atoms with E-state index < -0.39 is 18.4 Å². The van der Waals surface area contributed by atoms with Crippen LogP contribution >= 0.6 is 0 Å². The molecule has 0 saturated carbocycles. The van der Waals surface area contributed by atoms with Crippen molar-refractivity contribution < 1.29 is 19.1 Å². The summed E-state index contributed by atoms with van der Waals surface area (Å²) in [6.45, 7) is 3.68. The summed E-state index contributed by atoms with van der Waals surface area (Å²) < 4.78 is 9.38. The molecular weight excluding hydrogens is 188 g/mol. The van der Waals surface area contributed by atoms with Gasteiger partial charge in [0.2, 0.25) is 6.29 Å². The summed E-state index contributed by atoms with van der Waals surface area (Å²) in [6.07, 6.45) is 0.961. The van der Waals surface area contributed by atoms with Gasteiger partial charge in [-0.25, -0.2) is 4.79 Å². The second-order valence-electron chi connectivity index (χ2n) is 2.69. The molecule has 1 atom stereocenters. The molecule has 1 unspecified atom stereocenters. The molecule has 14 heavy (non-hydrogen) atoms. The lowest BCUT2D eigenvalue weighted by atomic mass is 10.6. The third-order valence-electron chi connectivity index (χ3n) is 1.45. The van der Waals surface area contributed by atoms with Gasteiger partial charge in [-0.3, -0.25) is 14.7 Å². The Morgan fingerprint density at radius 2 is 2.21 bits per heavy atom. The Balaban J connectivity index is 2.32. The molecule has 1 aliphatic heterocycles. The van der Waals surface area contributed by atoms with E-state index in [-0.39, 0.29) is 0 Å². The minimum absolute atomic E-state index is 0.450. The van der Waals surface area contributed by atoms with Crippen molar-refractivity contribution in [2.24, 2.45) is 4.99 Å². The van der Waals surface area contributed by atoms with Crippen LogP contribution < -0.4 is 0 Å². The molecule has 0 spiro atoms. The van der Waals surface area contributed by atoms with Crippen LogP contribution in [0.2, 0.25) is 0 Å². The number of aliphatic imine (C=N–C) groups is 1. The zero-order valence-electron chi connectivity index (χ0n) is 8.02. The van der Waals surface area contributed by atoms with Gasteiger partial charge < -0.3 is 9.47 Å². The van der Waals surface area contributed by atoms with Crippen molar-refractivity contribution in [3.63, 3.8) is 0 Å². The first kappa shape index (κ1) is 10.5. The second-order valence-corrected chi connectivity index (χ2v) is 2.69. The van der Waals surface area contributed by atoms with Gasteiger partial charge >= 0.3 is 12.1 Å². The summed E-state index contributed by atoms with van der Waals surface area (Å²) in [5, 5.41) is 0. The minimum atomic E-state index is -0.887. The van der Waals surface area contributed by atoms with E-state index in [9.17, 15) is 9.59 Å². The lowest BCUT2D eigenvalue weighted by Crippen LogP contribution is -2.32. The largest absolute Gasteiger partial charge is 0.426 e. The summed E-state index contributed by atoms with van der Waals surface area (Å²) in [6, 6.07) is 0. The van der Waals surface area contributed by atoms with Crippen LogP contribution in [0, 0.1) is 0 Å². The number of esters is 1. The molecule has 1 amide bonds. The maximum atomic E-state index is 11.2. The van der Waals surface area contributed by atoms with E-state index in [1.165, 1.54) is 18.7 Å². The Labute approximate surface area is 81.5 Å². The minimum Gasteiger partial charge on any atom is -0.426 e. The van der Waals surface area contributed by atoms with Crippen LogP contribution in [-0.2, 0) is 14.3 Å². The molecule has 77 valence electrons. The van der Waals surface area contributed by atoms with E-state index in [0.29, 0.717) is 13.1 Å². The first-order valence-corrected chi connectivity index (χ1v) is 4.17. The zero-order chi connectivity index (χ0) is 10.6. The predicted molar refractivity (Wildman–Crippen MR) is 46.7 cm³/mol. The number of ether oxygens (including phenoxy) is 2. The fraction of sp³-hybridized carbons (Fsp3) is 0.625. The normalized spacial score (nSPS) is 16.6. The standard InChI is InChI=1S/C8H11N2O4/c1-6(11)13-7(2)14-8(12)10-4-3-9-5-10/h7H,3-4H2,1-2H3. The molecule has 0 aromatic rings.